The van der Waals surface area contributed by atoms with E-state index in [0.29, 0.717) is 5.69 Å². The maximum Gasteiger partial charge on any atom is 0.264 e. The van der Waals surface area contributed by atoms with Gasteiger partial charge in [-0.1, -0.05) is 63.5 Å². The van der Waals surface area contributed by atoms with Gasteiger partial charge in [0.2, 0.25) is 11.8 Å². The number of aryl methyl sites for hydroxylation is 2. The van der Waals surface area contributed by atoms with Crippen LogP contribution in [0.1, 0.15) is 37.5 Å². The number of sulfonamides is 1. The summed E-state index contributed by atoms with van der Waals surface area (Å²) in [5.74, 6) is -0.797. The van der Waals surface area contributed by atoms with Gasteiger partial charge >= 0.3 is 0 Å². The van der Waals surface area contributed by atoms with Gasteiger partial charge in [-0.25, -0.2) is 8.42 Å². The Labute approximate surface area is 234 Å². The quantitative estimate of drug-likeness (QED) is 0.347. The zero-order valence-corrected chi connectivity index (χ0v) is 24.7. The molecule has 0 radical (unpaired) electrons. The van der Waals surface area contributed by atoms with Crippen LogP contribution < -0.4 is 9.62 Å². The topological polar surface area (TPSA) is 86.8 Å². The molecule has 0 bridgehead atoms. The van der Waals surface area contributed by atoms with Gasteiger partial charge < -0.3 is 10.2 Å². The van der Waals surface area contributed by atoms with E-state index in [1.54, 1.807) is 43.3 Å². The van der Waals surface area contributed by atoms with Crippen LogP contribution in [0.3, 0.4) is 0 Å². The number of rotatable bonds is 10. The summed E-state index contributed by atoms with van der Waals surface area (Å²) in [6, 6.07) is 20.0. The Morgan fingerprint density at radius 1 is 0.895 bits per heavy atom. The molecule has 9 heteroatoms. The lowest BCUT2D eigenvalue weighted by Crippen LogP contribution is -2.52. The molecule has 1 unspecified atom stereocenters. The molecular weight excluding hydrogens is 566 g/mol. The van der Waals surface area contributed by atoms with Crippen LogP contribution >= 0.6 is 15.9 Å². The van der Waals surface area contributed by atoms with Crippen molar-refractivity contribution in [3.8, 4) is 0 Å². The first-order chi connectivity index (χ1) is 17.9. The molecule has 0 saturated heterocycles. The molecule has 0 heterocycles. The Balaban J connectivity index is 2.02. The number of nitrogens with zero attached hydrogens (tertiary/aromatic N) is 2. The minimum absolute atomic E-state index is 0.0784. The summed E-state index contributed by atoms with van der Waals surface area (Å²) < 4.78 is 29.5. The number of hydrogen-bond donors (Lipinski definition) is 1. The molecule has 3 rings (SSSR count). The van der Waals surface area contributed by atoms with E-state index in [1.165, 1.54) is 17.0 Å². The van der Waals surface area contributed by atoms with Crippen LogP contribution in [0.4, 0.5) is 5.69 Å². The number of carbonyl (C=O) groups is 2. The highest BCUT2D eigenvalue weighted by molar-refractivity contribution is 9.10. The predicted molar refractivity (Wildman–Crippen MR) is 154 cm³/mol. The number of benzene rings is 3. The van der Waals surface area contributed by atoms with E-state index in [0.717, 1.165) is 25.5 Å². The van der Waals surface area contributed by atoms with Crippen molar-refractivity contribution in [3.63, 3.8) is 0 Å². The van der Waals surface area contributed by atoms with Gasteiger partial charge in [-0.3, -0.25) is 13.9 Å². The number of amides is 2. The van der Waals surface area contributed by atoms with E-state index in [-0.39, 0.29) is 23.4 Å². The zero-order chi connectivity index (χ0) is 28.0. The van der Waals surface area contributed by atoms with Gasteiger partial charge in [0.1, 0.15) is 12.6 Å². The molecule has 0 aliphatic heterocycles. The van der Waals surface area contributed by atoms with Crippen molar-refractivity contribution in [2.24, 2.45) is 0 Å². The summed E-state index contributed by atoms with van der Waals surface area (Å²) >= 11 is 3.38. The summed E-state index contributed by atoms with van der Waals surface area (Å²) in [5, 5.41) is 2.86. The smallest absolute Gasteiger partial charge is 0.264 e. The number of carbonyl (C=O) groups excluding carboxylic acids is 2. The van der Waals surface area contributed by atoms with Crippen LogP contribution in [0.5, 0.6) is 0 Å². The molecule has 0 spiro atoms. The summed E-state index contributed by atoms with van der Waals surface area (Å²) in [5.41, 5.74) is 3.13. The van der Waals surface area contributed by atoms with Gasteiger partial charge in [0.25, 0.3) is 10.0 Å². The lowest BCUT2D eigenvalue weighted by Gasteiger charge is -2.32. The fraction of sp³-hybridized carbons (Fsp3) is 0.310. The molecule has 3 aromatic carbocycles. The molecule has 38 heavy (non-hydrogen) atoms. The zero-order valence-electron chi connectivity index (χ0n) is 22.3. The van der Waals surface area contributed by atoms with Gasteiger partial charge in [-0.2, -0.15) is 0 Å². The number of nitrogens with one attached hydrogen (secondary N) is 1. The van der Waals surface area contributed by atoms with E-state index >= 15 is 0 Å². The minimum atomic E-state index is -4.09. The van der Waals surface area contributed by atoms with E-state index in [1.807, 2.05) is 52.0 Å². The van der Waals surface area contributed by atoms with Gasteiger partial charge in [0.15, 0.2) is 0 Å². The molecule has 3 aromatic rings. The first kappa shape index (κ1) is 29.4. The highest BCUT2D eigenvalue weighted by atomic mass is 79.9. The Hall–Kier alpha value is -3.17. The largest absolute Gasteiger partial charge is 0.352 e. The molecule has 0 aliphatic rings. The van der Waals surface area contributed by atoms with Crippen LogP contribution in [-0.4, -0.2) is 43.8 Å². The first-order valence-corrected chi connectivity index (χ1v) is 14.6. The molecule has 1 N–H and O–H groups in total. The monoisotopic (exact) mass is 599 g/mol. The van der Waals surface area contributed by atoms with Crippen molar-refractivity contribution in [1.29, 1.82) is 0 Å². The summed E-state index contributed by atoms with van der Waals surface area (Å²) in [7, 11) is -4.09. The molecule has 2 amide bonds. The van der Waals surface area contributed by atoms with Gasteiger partial charge in [0, 0.05) is 17.1 Å². The standard InChI is InChI=1S/C29H34BrN3O4S/c1-20(2)31-29(35)23(5)32(18-24-8-6-7-22(4)17-24)28(34)19-33(26-13-11-25(30)12-14-26)38(36,37)27-15-9-21(3)10-16-27/h6-17,20,23H,18-19H2,1-5H3,(H,31,35). The molecule has 202 valence electrons. The van der Waals surface area contributed by atoms with E-state index in [9.17, 15) is 18.0 Å². The fourth-order valence-corrected chi connectivity index (χ4v) is 5.65. The van der Waals surface area contributed by atoms with Crippen molar-refractivity contribution in [1.82, 2.24) is 10.2 Å². The van der Waals surface area contributed by atoms with Gasteiger partial charge in [-0.15, -0.1) is 0 Å². The van der Waals surface area contributed by atoms with Crippen LogP contribution in [-0.2, 0) is 26.2 Å². The van der Waals surface area contributed by atoms with Crippen molar-refractivity contribution in [2.75, 3.05) is 10.8 Å². The van der Waals surface area contributed by atoms with E-state index in [4.69, 9.17) is 0 Å². The Morgan fingerprint density at radius 3 is 2.11 bits per heavy atom. The summed E-state index contributed by atoms with van der Waals surface area (Å²) in [6.45, 7) is 8.87. The Morgan fingerprint density at radius 2 is 1.53 bits per heavy atom. The lowest BCUT2D eigenvalue weighted by molar-refractivity contribution is -0.139. The van der Waals surface area contributed by atoms with Crippen LogP contribution in [0.2, 0.25) is 0 Å². The molecule has 0 fully saturated rings. The molecule has 0 aromatic heterocycles. The number of anilines is 1. The van der Waals surface area contributed by atoms with Gasteiger partial charge in [-0.05, 0) is 76.6 Å². The van der Waals surface area contributed by atoms with Crippen LogP contribution in [0, 0.1) is 13.8 Å². The highest BCUT2D eigenvalue weighted by Gasteiger charge is 2.32. The lowest BCUT2D eigenvalue weighted by atomic mass is 10.1. The van der Waals surface area contributed by atoms with Crippen molar-refractivity contribution >= 4 is 43.5 Å². The third kappa shape index (κ3) is 7.45. The second-order valence-electron chi connectivity index (χ2n) is 9.65. The normalized spacial score (nSPS) is 12.2. The summed E-state index contributed by atoms with van der Waals surface area (Å²) in [6.07, 6.45) is 0. The van der Waals surface area contributed by atoms with Crippen LogP contribution in [0.25, 0.3) is 0 Å². The summed E-state index contributed by atoms with van der Waals surface area (Å²) in [4.78, 5) is 28.3. The molecule has 0 saturated carbocycles. The third-order valence-corrected chi connectivity index (χ3v) is 8.35. The number of hydrogen-bond acceptors (Lipinski definition) is 4. The first-order valence-electron chi connectivity index (χ1n) is 12.4. The Kier molecular flexibility index (Phi) is 9.73. The number of halogens is 1. The SMILES string of the molecule is Cc1ccc(S(=O)(=O)N(CC(=O)N(Cc2cccc(C)c2)C(C)C(=O)NC(C)C)c2ccc(Br)cc2)cc1. The fourth-order valence-electron chi connectivity index (χ4n) is 3.97. The van der Waals surface area contributed by atoms with E-state index in [2.05, 4.69) is 21.2 Å². The second-order valence-corrected chi connectivity index (χ2v) is 12.4. The second kappa shape index (κ2) is 12.6. The highest BCUT2D eigenvalue weighted by Crippen LogP contribution is 2.26. The van der Waals surface area contributed by atoms with E-state index < -0.39 is 28.5 Å². The maximum absolute atomic E-state index is 13.9. The molecule has 1 atom stereocenters. The van der Waals surface area contributed by atoms with Crippen molar-refractivity contribution in [3.05, 3.63) is 94.0 Å². The van der Waals surface area contributed by atoms with Crippen molar-refractivity contribution in [2.45, 2.75) is 58.1 Å². The third-order valence-electron chi connectivity index (χ3n) is 6.04. The predicted octanol–water partition coefficient (Wildman–Crippen LogP) is 5.20. The molecular formula is C29H34BrN3O4S. The minimum Gasteiger partial charge on any atom is -0.352 e. The average molecular weight is 601 g/mol. The Bertz CT molecular complexity index is 1370. The van der Waals surface area contributed by atoms with Crippen LogP contribution in [0.15, 0.2) is 82.2 Å². The maximum atomic E-state index is 13.9. The van der Waals surface area contributed by atoms with Crippen molar-refractivity contribution < 1.29 is 18.0 Å². The molecule has 7 nitrogen and oxygen atoms in total. The molecule has 0 aliphatic carbocycles. The average Bonchev–Trinajstić information content (AvgIpc) is 2.86. The van der Waals surface area contributed by atoms with Gasteiger partial charge in [0.05, 0.1) is 10.6 Å².